The molecular weight excluding hydrogens is 446 g/mol. The van der Waals surface area contributed by atoms with Crippen LogP contribution in [-0.2, 0) is 15.7 Å². The summed E-state index contributed by atoms with van der Waals surface area (Å²) in [4.78, 5) is 19.5. The number of nitrogens with zero attached hydrogens (tertiary/aromatic N) is 5. The maximum absolute atomic E-state index is 12.8. The molecule has 2 saturated heterocycles. The molecule has 2 aromatic rings. The smallest absolute Gasteiger partial charge is 0.221 e. The molecule has 0 aromatic carbocycles. The van der Waals surface area contributed by atoms with Crippen molar-refractivity contribution in [1.82, 2.24) is 24.7 Å². The Morgan fingerprint density at radius 1 is 1.22 bits per heavy atom. The van der Waals surface area contributed by atoms with E-state index in [0.717, 1.165) is 41.8 Å². The molecule has 174 valence electrons. The van der Waals surface area contributed by atoms with Crippen molar-refractivity contribution in [2.24, 2.45) is 5.41 Å². The molecule has 11 heteroatoms. The molecule has 0 bridgehead atoms. The molecule has 32 heavy (non-hydrogen) atoms. The fourth-order valence-electron chi connectivity index (χ4n) is 4.18. The highest BCUT2D eigenvalue weighted by Gasteiger charge is 2.50. The van der Waals surface area contributed by atoms with Gasteiger partial charge in [0.15, 0.2) is 0 Å². The molecule has 3 atom stereocenters. The standard InChI is InChI=1S/C21H31N7O2S2/c1-14-18(27-32(29)20(2,3)4)21(13-30-14)6-9-28(10-7-21)15-11-25-17(12-24-15)31-16-5-8-23-19(22)26-16/h5,8,11-12,14,18,27H,6-7,9-10,13H2,1-4H3,(H2,22,23,26)/t14-,18+,32+/m0/s1. The molecule has 0 amide bonds. The minimum Gasteiger partial charge on any atom is -0.376 e. The lowest BCUT2D eigenvalue weighted by atomic mass is 9.73. The van der Waals surface area contributed by atoms with Gasteiger partial charge < -0.3 is 15.4 Å². The summed E-state index contributed by atoms with van der Waals surface area (Å²) >= 11 is 1.40. The lowest BCUT2D eigenvalue weighted by Crippen LogP contribution is -2.55. The van der Waals surface area contributed by atoms with Gasteiger partial charge in [-0.2, -0.15) is 0 Å². The molecule has 4 rings (SSSR count). The average Bonchev–Trinajstić information content (AvgIpc) is 3.04. The number of nitrogens with two attached hydrogens (primary N) is 1. The second kappa shape index (κ2) is 9.20. The molecule has 4 heterocycles. The molecule has 0 unspecified atom stereocenters. The van der Waals surface area contributed by atoms with Crippen LogP contribution in [0.1, 0.15) is 40.5 Å². The van der Waals surface area contributed by atoms with Gasteiger partial charge in [0.25, 0.3) is 0 Å². The van der Waals surface area contributed by atoms with E-state index in [2.05, 4.69) is 36.5 Å². The number of anilines is 2. The first-order valence-electron chi connectivity index (χ1n) is 10.8. The maximum Gasteiger partial charge on any atom is 0.221 e. The van der Waals surface area contributed by atoms with Crippen LogP contribution >= 0.6 is 11.8 Å². The van der Waals surface area contributed by atoms with Crippen molar-refractivity contribution in [2.75, 3.05) is 30.3 Å². The first-order chi connectivity index (χ1) is 15.2. The van der Waals surface area contributed by atoms with Gasteiger partial charge in [0.1, 0.15) is 15.9 Å². The van der Waals surface area contributed by atoms with Crippen molar-refractivity contribution < 1.29 is 8.95 Å². The number of hydrogen-bond acceptors (Lipinski definition) is 9. The minimum atomic E-state index is -1.13. The summed E-state index contributed by atoms with van der Waals surface area (Å²) in [6, 6.07) is 1.87. The molecule has 0 saturated carbocycles. The molecule has 2 aliphatic rings. The van der Waals surface area contributed by atoms with E-state index in [9.17, 15) is 4.21 Å². The number of nitrogen functional groups attached to an aromatic ring is 1. The summed E-state index contributed by atoms with van der Waals surface area (Å²) in [5.74, 6) is 1.10. The van der Waals surface area contributed by atoms with Crippen LogP contribution < -0.4 is 15.4 Å². The van der Waals surface area contributed by atoms with Gasteiger partial charge in [0.2, 0.25) is 5.95 Å². The number of piperidine rings is 1. The largest absolute Gasteiger partial charge is 0.376 e. The van der Waals surface area contributed by atoms with Gasteiger partial charge in [-0.1, -0.05) is 0 Å². The van der Waals surface area contributed by atoms with E-state index >= 15 is 0 Å². The van der Waals surface area contributed by atoms with Crippen LogP contribution in [0.25, 0.3) is 0 Å². The molecule has 0 radical (unpaired) electrons. The van der Waals surface area contributed by atoms with Crippen LogP contribution in [0.15, 0.2) is 34.7 Å². The highest BCUT2D eigenvalue weighted by molar-refractivity contribution is 7.99. The zero-order valence-electron chi connectivity index (χ0n) is 18.9. The van der Waals surface area contributed by atoms with E-state index in [-0.39, 0.29) is 28.3 Å². The quantitative estimate of drug-likeness (QED) is 0.626. The Kier molecular flexibility index (Phi) is 6.71. The van der Waals surface area contributed by atoms with Gasteiger partial charge in [0, 0.05) is 24.7 Å². The summed E-state index contributed by atoms with van der Waals surface area (Å²) in [6.45, 7) is 10.5. The average molecular weight is 478 g/mol. The van der Waals surface area contributed by atoms with Crippen molar-refractivity contribution in [3.05, 3.63) is 24.7 Å². The van der Waals surface area contributed by atoms with E-state index < -0.39 is 11.0 Å². The second-order valence-electron chi connectivity index (χ2n) is 9.41. The lowest BCUT2D eigenvalue weighted by molar-refractivity contribution is 0.0973. The number of hydrogen-bond donors (Lipinski definition) is 2. The first-order valence-corrected chi connectivity index (χ1v) is 12.8. The van der Waals surface area contributed by atoms with Crippen molar-refractivity contribution in [1.29, 1.82) is 0 Å². The van der Waals surface area contributed by atoms with Crippen molar-refractivity contribution in [3.63, 3.8) is 0 Å². The molecule has 2 fully saturated rings. The molecule has 1 spiro atoms. The van der Waals surface area contributed by atoms with Gasteiger partial charge >= 0.3 is 0 Å². The molecular formula is C21H31N7O2S2. The third-order valence-corrected chi connectivity index (χ3v) is 8.55. The Morgan fingerprint density at radius 2 is 1.97 bits per heavy atom. The fourth-order valence-corrected chi connectivity index (χ4v) is 5.90. The van der Waals surface area contributed by atoms with E-state index in [1.54, 1.807) is 18.5 Å². The van der Waals surface area contributed by atoms with Gasteiger partial charge in [-0.3, -0.25) is 0 Å². The van der Waals surface area contributed by atoms with Gasteiger partial charge in [-0.05, 0) is 58.4 Å². The zero-order chi connectivity index (χ0) is 22.9. The lowest BCUT2D eigenvalue weighted by Gasteiger charge is -2.43. The number of rotatable bonds is 5. The third-order valence-electron chi connectivity index (χ3n) is 6.11. The van der Waals surface area contributed by atoms with Crippen LogP contribution in [0.5, 0.6) is 0 Å². The molecule has 2 aliphatic heterocycles. The summed E-state index contributed by atoms with van der Waals surface area (Å²) in [5.41, 5.74) is 5.63. The molecule has 0 aliphatic carbocycles. The van der Waals surface area contributed by atoms with E-state index in [1.165, 1.54) is 11.8 Å². The van der Waals surface area contributed by atoms with Crippen LogP contribution in [0.3, 0.4) is 0 Å². The summed E-state index contributed by atoms with van der Waals surface area (Å²) < 4.78 is 21.9. The van der Waals surface area contributed by atoms with Gasteiger partial charge in [-0.15, -0.1) is 0 Å². The van der Waals surface area contributed by atoms with E-state index in [0.29, 0.717) is 6.61 Å². The predicted octanol–water partition coefficient (Wildman–Crippen LogP) is 2.43. The summed E-state index contributed by atoms with van der Waals surface area (Å²) in [7, 11) is -1.13. The van der Waals surface area contributed by atoms with Gasteiger partial charge in [-0.25, -0.2) is 28.9 Å². The Balaban J connectivity index is 1.39. The van der Waals surface area contributed by atoms with Crippen molar-refractivity contribution in [3.8, 4) is 0 Å². The van der Waals surface area contributed by atoms with Crippen molar-refractivity contribution in [2.45, 2.75) is 67.5 Å². The highest BCUT2D eigenvalue weighted by atomic mass is 32.2. The van der Waals surface area contributed by atoms with Crippen LogP contribution in [0, 0.1) is 5.41 Å². The van der Waals surface area contributed by atoms with E-state index in [1.807, 2.05) is 27.0 Å². The topological polar surface area (TPSA) is 119 Å². The van der Waals surface area contributed by atoms with Crippen LogP contribution in [-0.4, -0.2) is 60.7 Å². The number of aromatic nitrogens is 4. The molecule has 2 aromatic heterocycles. The van der Waals surface area contributed by atoms with Gasteiger partial charge in [0.05, 0.1) is 46.9 Å². The monoisotopic (exact) mass is 477 g/mol. The summed E-state index contributed by atoms with van der Waals surface area (Å²) in [6.07, 6.45) is 7.15. The van der Waals surface area contributed by atoms with Crippen LogP contribution in [0.4, 0.5) is 11.8 Å². The third kappa shape index (κ3) is 5.05. The SMILES string of the molecule is C[C@@H]1OCC2(CCN(c3cnc(Sc4ccnc(N)n4)cn3)CC2)[C@@H]1N[S@](=O)C(C)(C)C. The minimum absolute atomic E-state index is 0.00695. The second-order valence-corrected chi connectivity index (χ2v) is 12.4. The number of ether oxygens (including phenoxy) is 1. The Morgan fingerprint density at radius 3 is 2.59 bits per heavy atom. The fraction of sp³-hybridized carbons (Fsp3) is 0.619. The Hall–Kier alpha value is -1.82. The predicted molar refractivity (Wildman–Crippen MR) is 127 cm³/mol. The molecule has 9 nitrogen and oxygen atoms in total. The van der Waals surface area contributed by atoms with Crippen molar-refractivity contribution >= 4 is 34.5 Å². The van der Waals surface area contributed by atoms with E-state index in [4.69, 9.17) is 10.5 Å². The Labute approximate surface area is 195 Å². The zero-order valence-corrected chi connectivity index (χ0v) is 20.6. The molecule has 3 N–H and O–H groups in total. The number of nitrogens with one attached hydrogen (secondary N) is 1. The highest BCUT2D eigenvalue weighted by Crippen LogP contribution is 2.43. The first kappa shape index (κ1) is 23.3. The van der Waals surface area contributed by atoms with Crippen LogP contribution in [0.2, 0.25) is 0 Å². The normalized spacial score (nSPS) is 24.1. The maximum atomic E-state index is 12.8. The Bertz CT molecular complexity index is 959. The summed E-state index contributed by atoms with van der Waals surface area (Å²) in [5, 5.41) is 1.49.